The Morgan fingerprint density at radius 2 is 2.06 bits per heavy atom. The molecular weight excluding hydrogens is 236 g/mol. The highest BCUT2D eigenvalue weighted by molar-refractivity contribution is 5.74. The molecule has 0 aromatic heterocycles. The van der Waals surface area contributed by atoms with Crippen LogP contribution < -0.4 is 5.32 Å². The summed E-state index contributed by atoms with van der Waals surface area (Å²) in [5.41, 5.74) is 0. The monoisotopic (exact) mass is 258 g/mol. The molecule has 6 nitrogen and oxygen atoms in total. The Balaban J connectivity index is 2.17. The van der Waals surface area contributed by atoms with Crippen LogP contribution in [0.1, 0.15) is 26.2 Å². The first kappa shape index (κ1) is 14.8. The number of nitrogens with one attached hydrogen (secondary N) is 1. The molecule has 18 heavy (non-hydrogen) atoms. The zero-order chi connectivity index (χ0) is 13.7. The summed E-state index contributed by atoms with van der Waals surface area (Å²) in [6, 6.07) is -0.186. The van der Waals surface area contributed by atoms with Crippen LogP contribution in [0, 0.1) is 11.8 Å². The van der Waals surface area contributed by atoms with Crippen LogP contribution in [0.25, 0.3) is 0 Å². The molecule has 1 aliphatic rings. The Bertz CT molecular complexity index is 302. The van der Waals surface area contributed by atoms with Gasteiger partial charge in [0.05, 0.1) is 6.10 Å². The summed E-state index contributed by atoms with van der Waals surface area (Å²) >= 11 is 0. The summed E-state index contributed by atoms with van der Waals surface area (Å²) in [6.45, 7) is 2.79. The van der Waals surface area contributed by atoms with Gasteiger partial charge in [0.2, 0.25) is 0 Å². The van der Waals surface area contributed by atoms with E-state index >= 15 is 0 Å². The van der Waals surface area contributed by atoms with Gasteiger partial charge in [-0.15, -0.1) is 0 Å². The number of urea groups is 1. The summed E-state index contributed by atoms with van der Waals surface area (Å²) in [5.74, 6) is -0.550. The maximum absolute atomic E-state index is 11.7. The van der Waals surface area contributed by atoms with Crippen LogP contribution in [0.15, 0.2) is 0 Å². The molecule has 104 valence electrons. The Morgan fingerprint density at radius 1 is 1.44 bits per heavy atom. The minimum absolute atomic E-state index is 0.0544. The van der Waals surface area contributed by atoms with Gasteiger partial charge >= 0.3 is 12.0 Å². The second-order valence-corrected chi connectivity index (χ2v) is 5.26. The zero-order valence-electron chi connectivity index (χ0n) is 10.9. The molecule has 0 heterocycles. The summed E-state index contributed by atoms with van der Waals surface area (Å²) < 4.78 is 0. The number of rotatable bonds is 6. The van der Waals surface area contributed by atoms with E-state index in [0.717, 1.165) is 12.8 Å². The second-order valence-electron chi connectivity index (χ2n) is 5.26. The minimum Gasteiger partial charge on any atom is -0.481 e. The highest BCUT2D eigenvalue weighted by Crippen LogP contribution is 2.27. The predicted octanol–water partition coefficient (Wildman–Crippen LogP) is 0.509. The number of nitrogens with zero attached hydrogens (tertiary/aromatic N) is 1. The standard InChI is InChI=1S/C12H22N2O4/c1-8(3-11(16)17)6-13-12(18)14(2)7-9-4-10(15)5-9/h8-10,15H,3-7H2,1-2H3,(H,13,18)(H,16,17). The van der Waals surface area contributed by atoms with E-state index in [1.165, 1.54) is 0 Å². The number of hydrogen-bond acceptors (Lipinski definition) is 3. The third-order valence-corrected chi connectivity index (χ3v) is 3.21. The Hall–Kier alpha value is -1.30. The molecule has 0 aromatic carbocycles. The summed E-state index contributed by atoms with van der Waals surface area (Å²) in [4.78, 5) is 23.7. The Kier molecular flexibility index (Phi) is 5.40. The van der Waals surface area contributed by atoms with Crippen molar-refractivity contribution in [1.29, 1.82) is 0 Å². The van der Waals surface area contributed by atoms with Crippen LogP contribution in [-0.4, -0.2) is 53.4 Å². The third kappa shape index (κ3) is 4.91. The van der Waals surface area contributed by atoms with Crippen molar-refractivity contribution in [3.63, 3.8) is 0 Å². The van der Waals surface area contributed by atoms with Gasteiger partial charge in [-0.2, -0.15) is 0 Å². The van der Waals surface area contributed by atoms with E-state index in [9.17, 15) is 9.59 Å². The topological polar surface area (TPSA) is 89.9 Å². The maximum atomic E-state index is 11.7. The molecule has 0 radical (unpaired) electrons. The number of carbonyl (C=O) groups excluding carboxylic acids is 1. The van der Waals surface area contributed by atoms with E-state index in [2.05, 4.69) is 5.32 Å². The van der Waals surface area contributed by atoms with Gasteiger partial charge in [0.15, 0.2) is 0 Å². The van der Waals surface area contributed by atoms with Crippen LogP contribution in [0.4, 0.5) is 4.79 Å². The van der Waals surface area contributed by atoms with E-state index in [0.29, 0.717) is 19.0 Å². The molecule has 2 amide bonds. The number of aliphatic carboxylic acids is 1. The molecule has 1 saturated carbocycles. The largest absolute Gasteiger partial charge is 0.481 e. The van der Waals surface area contributed by atoms with Gasteiger partial charge in [-0.3, -0.25) is 4.79 Å². The fourth-order valence-corrected chi connectivity index (χ4v) is 2.09. The summed E-state index contributed by atoms with van der Waals surface area (Å²) in [5, 5.41) is 20.5. The van der Waals surface area contributed by atoms with Gasteiger partial charge in [-0.05, 0) is 24.7 Å². The normalized spacial score (nSPS) is 23.9. The SMILES string of the molecule is CC(CNC(=O)N(C)CC1CC(O)C1)CC(=O)O. The molecule has 1 fully saturated rings. The van der Waals surface area contributed by atoms with Crippen LogP contribution in [0.5, 0.6) is 0 Å². The fraction of sp³-hybridized carbons (Fsp3) is 0.833. The van der Waals surface area contributed by atoms with Gasteiger partial charge < -0.3 is 20.4 Å². The predicted molar refractivity (Wildman–Crippen MR) is 66.2 cm³/mol. The molecule has 0 spiro atoms. The lowest BCUT2D eigenvalue weighted by atomic mass is 9.82. The first-order chi connectivity index (χ1) is 8.38. The number of aliphatic hydroxyl groups is 1. The number of carbonyl (C=O) groups is 2. The highest BCUT2D eigenvalue weighted by Gasteiger charge is 2.29. The average molecular weight is 258 g/mol. The van der Waals surface area contributed by atoms with Gasteiger partial charge in [-0.1, -0.05) is 6.92 Å². The molecule has 6 heteroatoms. The van der Waals surface area contributed by atoms with E-state index in [1.54, 1.807) is 18.9 Å². The van der Waals surface area contributed by atoms with Crippen molar-refractivity contribution in [3.8, 4) is 0 Å². The third-order valence-electron chi connectivity index (χ3n) is 3.21. The van der Waals surface area contributed by atoms with E-state index in [1.807, 2.05) is 0 Å². The van der Waals surface area contributed by atoms with Crippen molar-refractivity contribution >= 4 is 12.0 Å². The smallest absolute Gasteiger partial charge is 0.317 e. The lowest BCUT2D eigenvalue weighted by Crippen LogP contribution is -2.44. The van der Waals surface area contributed by atoms with Crippen molar-refractivity contribution in [1.82, 2.24) is 10.2 Å². The van der Waals surface area contributed by atoms with Gasteiger partial charge in [0.25, 0.3) is 0 Å². The summed E-state index contributed by atoms with van der Waals surface area (Å²) in [6.07, 6.45) is 1.36. The lowest BCUT2D eigenvalue weighted by Gasteiger charge is -2.34. The maximum Gasteiger partial charge on any atom is 0.317 e. The van der Waals surface area contributed by atoms with Crippen molar-refractivity contribution in [2.75, 3.05) is 20.1 Å². The molecular formula is C12H22N2O4. The molecule has 1 aliphatic carbocycles. The average Bonchev–Trinajstić information content (AvgIpc) is 2.22. The lowest BCUT2D eigenvalue weighted by molar-refractivity contribution is -0.137. The fourth-order valence-electron chi connectivity index (χ4n) is 2.09. The molecule has 1 rings (SSSR count). The van der Waals surface area contributed by atoms with E-state index in [-0.39, 0.29) is 24.5 Å². The number of carboxylic acid groups (broad SMARTS) is 1. The molecule has 1 atom stereocenters. The summed E-state index contributed by atoms with van der Waals surface area (Å²) in [7, 11) is 1.71. The van der Waals surface area contributed by atoms with Gasteiger partial charge in [0.1, 0.15) is 0 Å². The van der Waals surface area contributed by atoms with E-state index < -0.39 is 5.97 Å². The van der Waals surface area contributed by atoms with Crippen LogP contribution in [0.2, 0.25) is 0 Å². The van der Waals surface area contributed by atoms with Crippen molar-refractivity contribution in [2.24, 2.45) is 11.8 Å². The molecule has 0 aliphatic heterocycles. The van der Waals surface area contributed by atoms with Crippen LogP contribution in [-0.2, 0) is 4.79 Å². The molecule has 0 aromatic rings. The first-order valence-corrected chi connectivity index (χ1v) is 6.27. The van der Waals surface area contributed by atoms with Crippen molar-refractivity contribution in [2.45, 2.75) is 32.3 Å². The second kappa shape index (κ2) is 6.58. The Morgan fingerprint density at radius 3 is 2.56 bits per heavy atom. The molecule has 0 saturated heterocycles. The number of aliphatic hydroxyl groups excluding tert-OH is 1. The highest BCUT2D eigenvalue weighted by atomic mass is 16.4. The number of amides is 2. The van der Waals surface area contributed by atoms with Gasteiger partial charge in [0, 0.05) is 26.6 Å². The van der Waals surface area contributed by atoms with Crippen LogP contribution in [0.3, 0.4) is 0 Å². The number of hydrogen-bond donors (Lipinski definition) is 3. The van der Waals surface area contributed by atoms with Crippen molar-refractivity contribution < 1.29 is 19.8 Å². The Labute approximate surface area is 107 Å². The zero-order valence-corrected chi connectivity index (χ0v) is 10.9. The van der Waals surface area contributed by atoms with Crippen LogP contribution >= 0.6 is 0 Å². The minimum atomic E-state index is -0.853. The molecule has 1 unspecified atom stereocenters. The first-order valence-electron chi connectivity index (χ1n) is 6.27. The molecule has 0 bridgehead atoms. The van der Waals surface area contributed by atoms with Gasteiger partial charge in [-0.25, -0.2) is 4.79 Å². The van der Waals surface area contributed by atoms with E-state index in [4.69, 9.17) is 10.2 Å². The quantitative estimate of drug-likeness (QED) is 0.647. The molecule has 3 N–H and O–H groups in total. The number of carboxylic acids is 1. The van der Waals surface area contributed by atoms with Crippen molar-refractivity contribution in [3.05, 3.63) is 0 Å².